The number of aldehydes is 1. The first-order valence-electron chi connectivity index (χ1n) is 9.58. The molecule has 3 aromatic rings. The van der Waals surface area contributed by atoms with Gasteiger partial charge in [0.15, 0.2) is 16.0 Å². The van der Waals surface area contributed by atoms with E-state index < -0.39 is 9.84 Å². The van der Waals surface area contributed by atoms with Crippen molar-refractivity contribution in [2.75, 3.05) is 6.26 Å². The minimum absolute atomic E-state index is 0.323. The lowest BCUT2D eigenvalue weighted by Crippen LogP contribution is -2.33. The number of nitrogens with zero attached hydrogens (tertiary/aromatic N) is 1. The van der Waals surface area contributed by atoms with Crippen LogP contribution < -0.4 is 4.57 Å². The molecule has 0 aliphatic heterocycles. The number of benzene rings is 2. The maximum absolute atomic E-state index is 12.2. The average Bonchev–Trinajstić information content (AvgIpc) is 3.49. The number of aryl methyl sites for hydroxylation is 2. The zero-order chi connectivity index (χ0) is 19.9. The molecule has 0 saturated heterocycles. The van der Waals surface area contributed by atoms with E-state index in [0.29, 0.717) is 10.6 Å². The first-order valence-corrected chi connectivity index (χ1v) is 11.5. The summed E-state index contributed by atoms with van der Waals surface area (Å²) in [5.41, 5.74) is 3.66. The quantitative estimate of drug-likeness (QED) is 0.471. The molecular formula is C23H24NO3S+. The summed E-state index contributed by atoms with van der Waals surface area (Å²) in [6.45, 7) is 0. The monoisotopic (exact) mass is 394 g/mol. The molecule has 1 heterocycles. The summed E-state index contributed by atoms with van der Waals surface area (Å²) < 4.78 is 26.2. The lowest BCUT2D eigenvalue weighted by atomic mass is 9.93. The van der Waals surface area contributed by atoms with Gasteiger partial charge in [-0.25, -0.2) is 8.42 Å². The molecule has 0 spiro atoms. The minimum Gasteiger partial charge on any atom is -0.291 e. The Balaban J connectivity index is 1.97. The number of aromatic nitrogens is 1. The summed E-state index contributed by atoms with van der Waals surface area (Å²) in [5, 5.41) is 1.83. The van der Waals surface area contributed by atoms with E-state index in [9.17, 15) is 13.2 Å². The van der Waals surface area contributed by atoms with Gasteiger partial charge >= 0.3 is 0 Å². The summed E-state index contributed by atoms with van der Waals surface area (Å²) in [5.74, 6) is 0.799. The van der Waals surface area contributed by atoms with Crippen molar-refractivity contribution in [2.24, 2.45) is 13.0 Å². The third kappa shape index (κ3) is 3.59. The second-order valence-corrected chi connectivity index (χ2v) is 9.79. The molecular weight excluding hydrogens is 370 g/mol. The molecule has 1 aliphatic rings. The third-order valence-corrected chi connectivity index (χ3v) is 6.74. The van der Waals surface area contributed by atoms with Crippen LogP contribution in [-0.2, 0) is 23.3 Å². The van der Waals surface area contributed by atoms with E-state index in [4.69, 9.17) is 0 Å². The van der Waals surface area contributed by atoms with Crippen LogP contribution >= 0.6 is 0 Å². The van der Waals surface area contributed by atoms with Crippen LogP contribution in [0.25, 0.3) is 21.9 Å². The molecule has 5 heteroatoms. The Bertz CT molecular complexity index is 1180. The van der Waals surface area contributed by atoms with Crippen molar-refractivity contribution in [2.45, 2.75) is 30.6 Å². The average molecular weight is 395 g/mol. The number of hydrogen-bond acceptors (Lipinski definition) is 3. The Labute approximate surface area is 165 Å². The van der Waals surface area contributed by atoms with Crippen LogP contribution in [0, 0.1) is 5.92 Å². The highest BCUT2D eigenvalue weighted by atomic mass is 32.2. The van der Waals surface area contributed by atoms with E-state index in [0.717, 1.165) is 52.5 Å². The van der Waals surface area contributed by atoms with Crippen molar-refractivity contribution >= 4 is 26.9 Å². The standard InChI is InChI=1S/C23H24NO3S/c1-24-14-22(19-5-3-4-6-20(19)23(24)15-25)21-13-18(28(2,26)27)12-11-17(21)10-9-16-7-8-16/h3-6,11-16H,7-10H2,1-2H3/q+1. The van der Waals surface area contributed by atoms with Gasteiger partial charge in [0.25, 0.3) is 5.69 Å². The second kappa shape index (κ2) is 7.13. The van der Waals surface area contributed by atoms with Crippen molar-refractivity contribution in [3.05, 3.63) is 59.9 Å². The Morgan fingerprint density at radius 3 is 2.43 bits per heavy atom. The van der Waals surface area contributed by atoms with Gasteiger partial charge in [0.1, 0.15) is 7.05 Å². The van der Waals surface area contributed by atoms with E-state index in [1.807, 2.05) is 48.1 Å². The maximum Gasteiger partial charge on any atom is 0.253 e. The highest BCUT2D eigenvalue weighted by Gasteiger charge is 2.23. The van der Waals surface area contributed by atoms with Crippen LogP contribution in [0.15, 0.2) is 53.6 Å². The smallest absolute Gasteiger partial charge is 0.253 e. The molecule has 0 unspecified atom stereocenters. The topological polar surface area (TPSA) is 55.1 Å². The van der Waals surface area contributed by atoms with Crippen LogP contribution in [0.5, 0.6) is 0 Å². The Hall–Kier alpha value is -2.53. The van der Waals surface area contributed by atoms with Gasteiger partial charge in [0.2, 0.25) is 6.29 Å². The van der Waals surface area contributed by atoms with Crippen molar-refractivity contribution in [3.8, 4) is 11.1 Å². The van der Waals surface area contributed by atoms with E-state index in [-0.39, 0.29) is 0 Å². The molecule has 4 rings (SSSR count). The van der Waals surface area contributed by atoms with Gasteiger partial charge < -0.3 is 0 Å². The van der Waals surface area contributed by atoms with Crippen molar-refractivity contribution < 1.29 is 17.8 Å². The predicted octanol–water partition coefficient (Wildman–Crippen LogP) is 3.89. The minimum atomic E-state index is -3.31. The molecule has 4 nitrogen and oxygen atoms in total. The lowest BCUT2D eigenvalue weighted by molar-refractivity contribution is -0.671. The van der Waals surface area contributed by atoms with Gasteiger partial charge in [0.05, 0.1) is 15.8 Å². The van der Waals surface area contributed by atoms with Crippen LogP contribution in [0.2, 0.25) is 0 Å². The lowest BCUT2D eigenvalue weighted by Gasteiger charge is -2.14. The number of pyridine rings is 1. The van der Waals surface area contributed by atoms with Gasteiger partial charge in [0, 0.05) is 11.6 Å². The zero-order valence-corrected chi connectivity index (χ0v) is 17.0. The summed E-state index contributed by atoms with van der Waals surface area (Å²) >= 11 is 0. The Morgan fingerprint density at radius 1 is 1.07 bits per heavy atom. The molecule has 1 aliphatic carbocycles. The third-order valence-electron chi connectivity index (χ3n) is 5.63. The molecule has 0 atom stereocenters. The van der Waals surface area contributed by atoms with Crippen molar-refractivity contribution in [1.82, 2.24) is 0 Å². The van der Waals surface area contributed by atoms with Gasteiger partial charge in [-0.15, -0.1) is 0 Å². The fourth-order valence-electron chi connectivity index (χ4n) is 3.85. The van der Waals surface area contributed by atoms with E-state index >= 15 is 0 Å². The van der Waals surface area contributed by atoms with E-state index in [1.54, 1.807) is 12.1 Å². The Morgan fingerprint density at radius 2 is 1.79 bits per heavy atom. The molecule has 1 aromatic heterocycles. The number of hydrogen-bond donors (Lipinski definition) is 0. The molecule has 1 saturated carbocycles. The van der Waals surface area contributed by atoms with Crippen molar-refractivity contribution in [1.29, 1.82) is 0 Å². The van der Waals surface area contributed by atoms with Crippen LogP contribution in [0.4, 0.5) is 0 Å². The number of rotatable bonds is 6. The molecule has 28 heavy (non-hydrogen) atoms. The van der Waals surface area contributed by atoms with E-state index in [1.165, 1.54) is 19.1 Å². The molecule has 0 radical (unpaired) electrons. The van der Waals surface area contributed by atoms with Gasteiger partial charge in [-0.3, -0.25) is 4.79 Å². The largest absolute Gasteiger partial charge is 0.291 e. The van der Waals surface area contributed by atoms with Crippen LogP contribution in [0.3, 0.4) is 0 Å². The van der Waals surface area contributed by atoms with Gasteiger partial charge in [-0.05, 0) is 48.1 Å². The molecule has 0 N–H and O–H groups in total. The highest BCUT2D eigenvalue weighted by Crippen LogP contribution is 2.37. The van der Waals surface area contributed by atoms with Crippen LogP contribution in [-0.4, -0.2) is 21.0 Å². The van der Waals surface area contributed by atoms with Gasteiger partial charge in [-0.1, -0.05) is 37.1 Å². The summed E-state index contributed by atoms with van der Waals surface area (Å²) in [4.78, 5) is 11.9. The first kappa shape index (κ1) is 18.8. The highest BCUT2D eigenvalue weighted by molar-refractivity contribution is 7.90. The number of sulfone groups is 1. The molecule has 2 aromatic carbocycles. The fourth-order valence-corrected chi connectivity index (χ4v) is 4.49. The molecule has 144 valence electrons. The zero-order valence-electron chi connectivity index (χ0n) is 16.2. The second-order valence-electron chi connectivity index (χ2n) is 7.78. The summed E-state index contributed by atoms with van der Waals surface area (Å²) in [6.07, 6.45) is 8.69. The predicted molar refractivity (Wildman–Crippen MR) is 110 cm³/mol. The maximum atomic E-state index is 12.2. The number of carbonyl (C=O) groups is 1. The normalized spacial score (nSPS) is 14.4. The summed E-state index contributed by atoms with van der Waals surface area (Å²) in [6, 6.07) is 13.3. The SMILES string of the molecule is C[n+]1cc(-c2cc(S(C)(=O)=O)ccc2CCC2CC2)c2ccccc2c1C=O. The Kier molecular flexibility index (Phi) is 4.79. The molecule has 1 fully saturated rings. The number of fused-ring (bicyclic) bond motifs is 1. The molecule has 0 amide bonds. The number of carbonyl (C=O) groups excluding carboxylic acids is 1. The molecule has 0 bridgehead atoms. The van der Waals surface area contributed by atoms with Gasteiger partial charge in [-0.2, -0.15) is 4.57 Å². The first-order chi connectivity index (χ1) is 13.4. The van der Waals surface area contributed by atoms with Crippen molar-refractivity contribution in [3.63, 3.8) is 0 Å². The van der Waals surface area contributed by atoms with Crippen LogP contribution in [0.1, 0.15) is 35.3 Å². The summed E-state index contributed by atoms with van der Waals surface area (Å²) in [7, 11) is -1.46. The van der Waals surface area contributed by atoms with E-state index in [2.05, 4.69) is 0 Å². The fraction of sp³-hybridized carbons (Fsp3) is 0.304.